The van der Waals surface area contributed by atoms with E-state index in [0.717, 1.165) is 11.3 Å². The minimum Gasteiger partial charge on any atom is -0.323 e. The van der Waals surface area contributed by atoms with Crippen LogP contribution in [0.1, 0.15) is 16.5 Å². The van der Waals surface area contributed by atoms with Crippen molar-refractivity contribution < 1.29 is 4.79 Å². The Balaban J connectivity index is 2.26. The average molecular weight is 290 g/mol. The number of alkyl halides is 2. The molecule has 1 aromatic rings. The highest BCUT2D eigenvalue weighted by molar-refractivity contribution is 7.99. The molecule has 1 aromatic carbocycles. The monoisotopic (exact) mass is 289 g/mol. The predicted octanol–water partition coefficient (Wildman–Crippen LogP) is 3.37. The number of halogens is 2. The number of hydrogen-bond acceptors (Lipinski definition) is 2. The van der Waals surface area contributed by atoms with Gasteiger partial charge in [-0.3, -0.25) is 4.79 Å². The maximum Gasteiger partial charge on any atom is 0.257 e. The van der Waals surface area contributed by atoms with Crippen molar-refractivity contribution in [3.63, 3.8) is 0 Å². The highest BCUT2D eigenvalue weighted by Crippen LogP contribution is 2.39. The first kappa shape index (κ1) is 13.1. The number of hydrogen-bond donors (Lipinski definition) is 0. The standard InChI is InChI=1S/C12H13Cl2NOS/c1-8-4-2-3-5-9(8)12-15(6-7-17-12)11(16)10(13)14/h2-5,10,12H,6-7H2,1H3. The number of rotatable bonds is 2. The molecule has 92 valence electrons. The number of amides is 1. The van der Waals surface area contributed by atoms with Crippen LogP contribution in [0.5, 0.6) is 0 Å². The highest BCUT2D eigenvalue weighted by Gasteiger charge is 2.33. The smallest absolute Gasteiger partial charge is 0.257 e. The molecule has 2 nitrogen and oxygen atoms in total. The van der Waals surface area contributed by atoms with E-state index in [2.05, 4.69) is 19.1 Å². The Bertz CT molecular complexity index is 425. The molecule has 1 fully saturated rings. The molecule has 1 amide bonds. The summed E-state index contributed by atoms with van der Waals surface area (Å²) in [5.74, 6) is 0.720. The molecule has 0 radical (unpaired) electrons. The van der Waals surface area contributed by atoms with E-state index in [-0.39, 0.29) is 11.3 Å². The van der Waals surface area contributed by atoms with E-state index in [4.69, 9.17) is 23.2 Å². The zero-order valence-corrected chi connectivity index (χ0v) is 11.7. The van der Waals surface area contributed by atoms with Crippen LogP contribution in [-0.4, -0.2) is 27.9 Å². The summed E-state index contributed by atoms with van der Waals surface area (Å²) in [6.45, 7) is 2.76. The van der Waals surface area contributed by atoms with Gasteiger partial charge in [0.15, 0.2) is 4.84 Å². The van der Waals surface area contributed by atoms with Gasteiger partial charge in [0.2, 0.25) is 0 Å². The number of carbonyl (C=O) groups excluding carboxylic acids is 1. The molecule has 17 heavy (non-hydrogen) atoms. The van der Waals surface area contributed by atoms with Crippen molar-refractivity contribution in [2.24, 2.45) is 0 Å². The summed E-state index contributed by atoms with van der Waals surface area (Å²) >= 11 is 13.1. The lowest BCUT2D eigenvalue weighted by molar-refractivity contribution is -0.129. The fraction of sp³-hybridized carbons (Fsp3) is 0.417. The maximum absolute atomic E-state index is 11.9. The number of aryl methyl sites for hydroxylation is 1. The molecule has 2 rings (SSSR count). The predicted molar refractivity (Wildman–Crippen MR) is 73.6 cm³/mol. The summed E-state index contributed by atoms with van der Waals surface area (Å²) in [5, 5.41) is 0.0451. The molecule has 0 bridgehead atoms. The van der Waals surface area contributed by atoms with Crippen molar-refractivity contribution in [2.45, 2.75) is 17.1 Å². The van der Waals surface area contributed by atoms with E-state index in [9.17, 15) is 4.79 Å². The molecule has 0 aliphatic carbocycles. The van der Waals surface area contributed by atoms with Crippen molar-refractivity contribution in [1.29, 1.82) is 0 Å². The van der Waals surface area contributed by atoms with Gasteiger partial charge in [-0.1, -0.05) is 47.5 Å². The molecule has 1 heterocycles. The van der Waals surface area contributed by atoms with Crippen molar-refractivity contribution in [2.75, 3.05) is 12.3 Å². The van der Waals surface area contributed by atoms with E-state index < -0.39 is 4.84 Å². The third-order valence-electron chi connectivity index (χ3n) is 2.82. The normalized spacial score (nSPS) is 20.0. The van der Waals surface area contributed by atoms with Gasteiger partial charge in [-0.05, 0) is 18.1 Å². The van der Waals surface area contributed by atoms with E-state index in [1.54, 1.807) is 16.7 Å². The minimum atomic E-state index is -0.972. The van der Waals surface area contributed by atoms with Crippen LogP contribution in [0.4, 0.5) is 0 Å². The van der Waals surface area contributed by atoms with E-state index in [1.165, 1.54) is 5.56 Å². The Morgan fingerprint density at radius 1 is 1.47 bits per heavy atom. The van der Waals surface area contributed by atoms with Crippen LogP contribution >= 0.6 is 35.0 Å². The molecule has 1 aliphatic rings. The van der Waals surface area contributed by atoms with Gasteiger partial charge in [0.1, 0.15) is 5.37 Å². The summed E-state index contributed by atoms with van der Waals surface area (Å²) < 4.78 is 0. The number of carbonyl (C=O) groups is 1. The molecule has 1 aliphatic heterocycles. The van der Waals surface area contributed by atoms with Crippen LogP contribution in [0.2, 0.25) is 0 Å². The quantitative estimate of drug-likeness (QED) is 0.778. The lowest BCUT2D eigenvalue weighted by Gasteiger charge is -2.25. The lowest BCUT2D eigenvalue weighted by Crippen LogP contribution is -2.34. The number of nitrogens with zero attached hydrogens (tertiary/aromatic N) is 1. The second kappa shape index (κ2) is 5.51. The molecule has 1 saturated heterocycles. The van der Waals surface area contributed by atoms with Crippen LogP contribution in [-0.2, 0) is 4.79 Å². The van der Waals surface area contributed by atoms with Gasteiger partial charge >= 0.3 is 0 Å². The zero-order chi connectivity index (χ0) is 12.4. The van der Waals surface area contributed by atoms with E-state index in [0.29, 0.717) is 6.54 Å². The summed E-state index contributed by atoms with van der Waals surface area (Å²) in [6.07, 6.45) is 0. The summed E-state index contributed by atoms with van der Waals surface area (Å²) in [7, 11) is 0. The zero-order valence-electron chi connectivity index (χ0n) is 9.40. The maximum atomic E-state index is 11.9. The fourth-order valence-corrected chi connectivity index (χ4v) is 3.55. The first-order chi connectivity index (χ1) is 8.11. The van der Waals surface area contributed by atoms with Crippen LogP contribution in [0.25, 0.3) is 0 Å². The van der Waals surface area contributed by atoms with Crippen molar-refractivity contribution in [3.05, 3.63) is 35.4 Å². The molecule has 0 N–H and O–H groups in total. The Kier molecular flexibility index (Phi) is 4.23. The minimum absolute atomic E-state index is 0.0451. The number of thioether (sulfide) groups is 1. The Morgan fingerprint density at radius 3 is 2.82 bits per heavy atom. The Morgan fingerprint density at radius 2 is 2.18 bits per heavy atom. The van der Waals surface area contributed by atoms with Crippen LogP contribution in [0.15, 0.2) is 24.3 Å². The van der Waals surface area contributed by atoms with Gasteiger partial charge in [0.05, 0.1) is 0 Å². The van der Waals surface area contributed by atoms with Gasteiger partial charge in [0.25, 0.3) is 5.91 Å². The third kappa shape index (κ3) is 2.72. The largest absolute Gasteiger partial charge is 0.323 e. The fourth-order valence-electron chi connectivity index (χ4n) is 1.94. The van der Waals surface area contributed by atoms with Crippen molar-refractivity contribution in [3.8, 4) is 0 Å². The molecule has 0 saturated carbocycles. The first-order valence-corrected chi connectivity index (χ1v) is 7.29. The van der Waals surface area contributed by atoms with Gasteiger partial charge in [-0.15, -0.1) is 11.8 Å². The summed E-state index contributed by atoms with van der Waals surface area (Å²) in [6, 6.07) is 8.09. The third-order valence-corrected chi connectivity index (χ3v) is 4.43. The molecular weight excluding hydrogens is 277 g/mol. The topological polar surface area (TPSA) is 20.3 Å². The van der Waals surface area contributed by atoms with E-state index >= 15 is 0 Å². The summed E-state index contributed by atoms with van der Waals surface area (Å²) in [4.78, 5) is 12.7. The molecule has 5 heteroatoms. The molecule has 1 atom stereocenters. The van der Waals surface area contributed by atoms with Crippen LogP contribution < -0.4 is 0 Å². The molecular formula is C12H13Cl2NOS. The summed E-state index contributed by atoms with van der Waals surface area (Å²) in [5.41, 5.74) is 2.35. The van der Waals surface area contributed by atoms with Crippen LogP contribution in [0, 0.1) is 6.92 Å². The SMILES string of the molecule is Cc1ccccc1C1SCCN1C(=O)C(Cl)Cl. The lowest BCUT2D eigenvalue weighted by atomic mass is 10.1. The van der Waals surface area contributed by atoms with Crippen LogP contribution in [0.3, 0.4) is 0 Å². The second-order valence-electron chi connectivity index (χ2n) is 3.91. The number of benzene rings is 1. The van der Waals surface area contributed by atoms with Crippen molar-refractivity contribution in [1.82, 2.24) is 4.90 Å². The highest BCUT2D eigenvalue weighted by atomic mass is 35.5. The van der Waals surface area contributed by atoms with Gasteiger partial charge in [-0.25, -0.2) is 0 Å². The van der Waals surface area contributed by atoms with Crippen molar-refractivity contribution >= 4 is 40.9 Å². The molecule has 0 spiro atoms. The van der Waals surface area contributed by atoms with Gasteiger partial charge < -0.3 is 4.90 Å². The average Bonchev–Trinajstić information content (AvgIpc) is 2.77. The first-order valence-electron chi connectivity index (χ1n) is 5.37. The molecule has 0 aromatic heterocycles. The van der Waals surface area contributed by atoms with Gasteiger partial charge in [-0.2, -0.15) is 0 Å². The second-order valence-corrected chi connectivity index (χ2v) is 6.20. The Hall–Kier alpha value is -0.380. The van der Waals surface area contributed by atoms with E-state index in [1.807, 2.05) is 12.1 Å². The van der Waals surface area contributed by atoms with Gasteiger partial charge in [0, 0.05) is 12.3 Å². The Labute approximate surface area is 115 Å². The molecule has 1 unspecified atom stereocenters.